The van der Waals surface area contributed by atoms with E-state index in [1.54, 1.807) is 12.1 Å². The molecule has 2 saturated heterocycles. The highest BCUT2D eigenvalue weighted by atomic mass is 19.4. The molecule has 0 bridgehead atoms. The van der Waals surface area contributed by atoms with Gasteiger partial charge in [-0.25, -0.2) is 0 Å². The van der Waals surface area contributed by atoms with Gasteiger partial charge in [0.25, 0.3) is 0 Å². The number of hydrogen-bond donors (Lipinski definition) is 0. The Morgan fingerprint density at radius 3 is 2.25 bits per heavy atom. The van der Waals surface area contributed by atoms with Crippen molar-refractivity contribution in [2.45, 2.75) is 38.4 Å². The smallest absolute Gasteiger partial charge is 0.381 e. The first-order valence-electron chi connectivity index (χ1n) is 10.7. The molecule has 3 aliphatic rings. The van der Waals surface area contributed by atoms with Crippen molar-refractivity contribution in [2.24, 2.45) is 17.8 Å². The molecule has 2 aliphatic heterocycles. The predicted octanol–water partition coefficient (Wildman–Crippen LogP) is 4.28. The van der Waals surface area contributed by atoms with Crippen LogP contribution in [0.15, 0.2) is 24.3 Å². The van der Waals surface area contributed by atoms with Crippen LogP contribution in [0, 0.1) is 17.8 Å². The number of hydrogen-bond acceptors (Lipinski definition) is 3. The summed E-state index contributed by atoms with van der Waals surface area (Å²) in [6.07, 6.45) is 0.939. The largest absolute Gasteiger partial charge is 0.416 e. The molecule has 2 heterocycles. The van der Waals surface area contributed by atoms with Gasteiger partial charge in [-0.3, -0.25) is 4.90 Å². The molecule has 0 aromatic heterocycles. The Kier molecular flexibility index (Phi) is 6.28. The number of likely N-dealkylation sites (tertiary alicyclic amines) is 2. The second-order valence-electron chi connectivity index (χ2n) is 8.71. The Bertz CT molecular complexity index is 616. The summed E-state index contributed by atoms with van der Waals surface area (Å²) in [6, 6.07) is 5.59. The molecule has 1 aromatic rings. The Hall–Kier alpha value is -1.11. The van der Waals surface area contributed by atoms with Crippen molar-refractivity contribution in [3.63, 3.8) is 0 Å². The molecule has 0 amide bonds. The van der Waals surface area contributed by atoms with Gasteiger partial charge in [0.1, 0.15) is 0 Å². The van der Waals surface area contributed by atoms with Gasteiger partial charge in [-0.05, 0) is 67.8 Å². The molecule has 3 nitrogen and oxygen atoms in total. The van der Waals surface area contributed by atoms with Crippen molar-refractivity contribution >= 4 is 0 Å². The fraction of sp³-hybridized carbons (Fsp3) is 0.727. The van der Waals surface area contributed by atoms with Crippen LogP contribution >= 0.6 is 0 Å². The van der Waals surface area contributed by atoms with E-state index in [1.807, 2.05) is 0 Å². The monoisotopic (exact) mass is 396 g/mol. The summed E-state index contributed by atoms with van der Waals surface area (Å²) in [5, 5.41) is 0. The molecule has 2 atom stereocenters. The summed E-state index contributed by atoms with van der Waals surface area (Å²) in [5.41, 5.74) is 0.387. The summed E-state index contributed by atoms with van der Waals surface area (Å²) in [4.78, 5) is 4.92. The third kappa shape index (κ3) is 5.08. The van der Waals surface area contributed by atoms with E-state index in [0.29, 0.717) is 5.92 Å². The Morgan fingerprint density at radius 1 is 0.929 bits per heavy atom. The maximum Gasteiger partial charge on any atom is 0.416 e. The van der Waals surface area contributed by atoms with Crippen LogP contribution in [0.25, 0.3) is 0 Å². The minimum atomic E-state index is -4.26. The number of alkyl halides is 3. The zero-order chi connectivity index (χ0) is 19.6. The van der Waals surface area contributed by atoms with Gasteiger partial charge in [-0.15, -0.1) is 0 Å². The summed E-state index contributed by atoms with van der Waals surface area (Å²) < 4.78 is 43.9. The molecule has 28 heavy (non-hydrogen) atoms. The molecule has 0 radical (unpaired) electrons. The number of piperidine rings is 2. The minimum absolute atomic E-state index is 0.571. The fourth-order valence-electron chi connectivity index (χ4n) is 4.96. The van der Waals surface area contributed by atoms with Crippen LogP contribution in [-0.2, 0) is 17.5 Å². The Labute approximate surface area is 165 Å². The lowest BCUT2D eigenvalue weighted by Gasteiger charge is -2.26. The quantitative estimate of drug-likeness (QED) is 0.610. The molecule has 3 fully saturated rings. The first-order chi connectivity index (χ1) is 13.5. The number of benzene rings is 1. The lowest BCUT2D eigenvalue weighted by Crippen LogP contribution is -2.31. The normalized spacial score (nSPS) is 28.5. The molecule has 6 heteroatoms. The van der Waals surface area contributed by atoms with Crippen LogP contribution in [0.1, 0.15) is 36.8 Å². The highest BCUT2D eigenvalue weighted by Crippen LogP contribution is 2.52. The molecule has 1 aromatic carbocycles. The summed E-state index contributed by atoms with van der Waals surface area (Å²) in [5.74, 6) is 2.13. The van der Waals surface area contributed by atoms with Gasteiger partial charge < -0.3 is 9.64 Å². The van der Waals surface area contributed by atoms with Gasteiger partial charge in [0.05, 0.1) is 12.2 Å². The molecule has 156 valence electrons. The predicted molar refractivity (Wildman–Crippen MR) is 103 cm³/mol. The zero-order valence-electron chi connectivity index (χ0n) is 16.5. The maximum absolute atomic E-state index is 12.6. The SMILES string of the molecule is FC(F)(F)c1ccc(CN2CC3C(COCCCN4CCCCC4)C3C2)cc1. The standard InChI is InChI=1S/C22H31F3N2O/c23-22(24,25)18-7-5-17(6-8-18)13-27-14-19-20(15-27)21(19)16-28-12-4-11-26-9-2-1-3-10-26/h5-8,19-21H,1-4,9-16H2. The van der Waals surface area contributed by atoms with E-state index < -0.39 is 11.7 Å². The summed E-state index contributed by atoms with van der Waals surface area (Å²) in [6.45, 7) is 8.25. The van der Waals surface area contributed by atoms with Gasteiger partial charge in [-0.1, -0.05) is 18.6 Å². The van der Waals surface area contributed by atoms with Crippen molar-refractivity contribution in [3.05, 3.63) is 35.4 Å². The minimum Gasteiger partial charge on any atom is -0.381 e. The summed E-state index contributed by atoms with van der Waals surface area (Å²) >= 11 is 0. The highest BCUT2D eigenvalue weighted by molar-refractivity contribution is 5.25. The topological polar surface area (TPSA) is 15.7 Å². The number of rotatable bonds is 8. The van der Waals surface area contributed by atoms with Crippen LogP contribution in [0.2, 0.25) is 0 Å². The van der Waals surface area contributed by atoms with Crippen LogP contribution in [0.4, 0.5) is 13.2 Å². The first kappa shape index (κ1) is 20.2. The van der Waals surface area contributed by atoms with Crippen molar-refractivity contribution in [1.29, 1.82) is 0 Å². The lowest BCUT2D eigenvalue weighted by molar-refractivity contribution is -0.137. The second kappa shape index (κ2) is 8.72. The molecule has 4 rings (SSSR count). The zero-order valence-corrected chi connectivity index (χ0v) is 16.5. The number of fused-ring (bicyclic) bond motifs is 1. The molecular weight excluding hydrogens is 365 g/mol. The van der Waals surface area contributed by atoms with Crippen molar-refractivity contribution in [1.82, 2.24) is 9.80 Å². The van der Waals surface area contributed by atoms with Crippen molar-refractivity contribution < 1.29 is 17.9 Å². The van der Waals surface area contributed by atoms with Crippen LogP contribution in [0.5, 0.6) is 0 Å². The van der Waals surface area contributed by atoms with Gasteiger partial charge in [0, 0.05) is 32.8 Å². The van der Waals surface area contributed by atoms with E-state index in [4.69, 9.17) is 4.74 Å². The number of halogens is 3. The van der Waals surface area contributed by atoms with Gasteiger partial charge in [0.2, 0.25) is 0 Å². The second-order valence-corrected chi connectivity index (χ2v) is 8.71. The number of ether oxygens (including phenoxy) is 1. The first-order valence-corrected chi connectivity index (χ1v) is 10.7. The molecule has 1 saturated carbocycles. The van der Waals surface area contributed by atoms with Gasteiger partial charge in [-0.2, -0.15) is 13.2 Å². The Morgan fingerprint density at radius 2 is 1.61 bits per heavy atom. The molecule has 0 N–H and O–H groups in total. The van der Waals surface area contributed by atoms with E-state index in [1.165, 1.54) is 51.0 Å². The van der Waals surface area contributed by atoms with E-state index in [2.05, 4.69) is 9.80 Å². The molecule has 0 spiro atoms. The van der Waals surface area contributed by atoms with Gasteiger partial charge in [0.15, 0.2) is 0 Å². The van der Waals surface area contributed by atoms with E-state index in [9.17, 15) is 13.2 Å². The van der Waals surface area contributed by atoms with Crippen molar-refractivity contribution in [3.8, 4) is 0 Å². The van der Waals surface area contributed by atoms with Crippen LogP contribution < -0.4 is 0 Å². The van der Waals surface area contributed by atoms with Crippen LogP contribution in [-0.4, -0.2) is 55.7 Å². The van der Waals surface area contributed by atoms with Crippen LogP contribution in [0.3, 0.4) is 0 Å². The molecule has 1 aliphatic carbocycles. The fourth-order valence-corrected chi connectivity index (χ4v) is 4.96. The van der Waals surface area contributed by atoms with Gasteiger partial charge >= 0.3 is 6.18 Å². The Balaban J connectivity index is 1.09. The van der Waals surface area contributed by atoms with E-state index in [0.717, 1.165) is 56.7 Å². The molecule has 2 unspecified atom stereocenters. The number of nitrogens with zero attached hydrogens (tertiary/aromatic N) is 2. The molecular formula is C22H31F3N2O. The van der Waals surface area contributed by atoms with Crippen molar-refractivity contribution in [2.75, 3.05) is 45.9 Å². The van der Waals surface area contributed by atoms with E-state index >= 15 is 0 Å². The highest BCUT2D eigenvalue weighted by Gasteiger charge is 2.55. The third-order valence-electron chi connectivity index (χ3n) is 6.66. The summed E-state index contributed by atoms with van der Waals surface area (Å²) in [7, 11) is 0. The average Bonchev–Trinajstić information content (AvgIpc) is 3.13. The lowest BCUT2D eigenvalue weighted by atomic mass is 10.1. The third-order valence-corrected chi connectivity index (χ3v) is 6.66. The van der Waals surface area contributed by atoms with E-state index in [-0.39, 0.29) is 0 Å². The average molecular weight is 396 g/mol. The maximum atomic E-state index is 12.6.